The summed E-state index contributed by atoms with van der Waals surface area (Å²) in [6.45, 7) is 0.484. The molecule has 2 N–H and O–H groups in total. The highest BCUT2D eigenvalue weighted by atomic mass is 35.5. The van der Waals surface area contributed by atoms with Crippen molar-refractivity contribution >= 4 is 40.1 Å². The Balaban J connectivity index is 1.63. The number of methoxy groups -OCH3 is 2. The topological polar surface area (TPSA) is 85.7 Å². The Hall–Kier alpha value is -3.97. The van der Waals surface area contributed by atoms with Crippen molar-refractivity contribution in [3.63, 3.8) is 0 Å². The summed E-state index contributed by atoms with van der Waals surface area (Å²) in [5, 5.41) is 12.1. The molecule has 0 aliphatic heterocycles. The van der Waals surface area contributed by atoms with Gasteiger partial charge < -0.3 is 29.7 Å². The Labute approximate surface area is 209 Å². The smallest absolute Gasteiger partial charge is 0.169 e. The molecule has 0 amide bonds. The van der Waals surface area contributed by atoms with Crippen LogP contribution in [0.25, 0.3) is 10.9 Å². The van der Waals surface area contributed by atoms with Crippen molar-refractivity contribution in [1.82, 2.24) is 4.98 Å². The van der Waals surface area contributed by atoms with Crippen LogP contribution in [-0.2, 0) is 0 Å². The Kier molecular flexibility index (Phi) is 7.90. The maximum Gasteiger partial charge on any atom is 0.169 e. The number of aromatic nitrogens is 1. The van der Waals surface area contributed by atoms with E-state index >= 15 is 0 Å². The van der Waals surface area contributed by atoms with Crippen LogP contribution in [0.2, 0.25) is 0 Å². The van der Waals surface area contributed by atoms with Crippen LogP contribution in [0, 0.1) is 5.41 Å². The molecule has 0 atom stereocenters. The van der Waals surface area contributed by atoms with E-state index in [0.717, 1.165) is 28.7 Å². The fourth-order valence-corrected chi connectivity index (χ4v) is 3.66. The first-order valence-electron chi connectivity index (χ1n) is 11.0. The number of hydrogen-bond acceptors (Lipinski definition) is 7. The molecule has 3 aromatic carbocycles. The number of halogens is 1. The van der Waals surface area contributed by atoms with Gasteiger partial charge in [0.15, 0.2) is 23.0 Å². The molecule has 0 aliphatic carbocycles. The monoisotopic (exact) mass is 491 g/mol. The number of ether oxygens (including phenoxy) is 4. The van der Waals surface area contributed by atoms with Crippen LogP contribution < -0.4 is 24.3 Å². The van der Waals surface area contributed by atoms with Crippen LogP contribution in [0.4, 0.5) is 11.4 Å². The van der Waals surface area contributed by atoms with E-state index in [4.69, 9.17) is 36.0 Å². The van der Waals surface area contributed by atoms with E-state index in [1.54, 1.807) is 20.4 Å². The molecule has 1 aromatic heterocycles. The van der Waals surface area contributed by atoms with Crippen molar-refractivity contribution in [2.24, 2.45) is 0 Å². The van der Waals surface area contributed by atoms with Crippen molar-refractivity contribution < 1.29 is 18.9 Å². The molecule has 4 rings (SSSR count). The number of anilines is 2. The summed E-state index contributed by atoms with van der Waals surface area (Å²) in [7, 11) is 3.20. The predicted molar refractivity (Wildman–Crippen MR) is 140 cm³/mol. The molecule has 0 fully saturated rings. The van der Waals surface area contributed by atoms with Gasteiger partial charge in [-0.25, -0.2) is 0 Å². The SMILES string of the molecule is COc1cc2c(Nc3ccc(Oc4ccccc4OC)cc3)c(C=N)cnc2cc1OCCCCl. The standard InChI is InChI=1S/C27H26ClN3O4/c1-32-23-6-3-4-7-24(23)35-20-10-8-19(9-11-20)31-27-18(16-29)17-30-22-15-26(34-13-5-12-28)25(33-2)14-21(22)27/h3-4,6-11,14-17,29H,5,12-13H2,1-2H3,(H,30,31). The summed E-state index contributed by atoms with van der Waals surface area (Å²) in [6, 6.07) is 18.7. The lowest BCUT2D eigenvalue weighted by Crippen LogP contribution is -2.02. The predicted octanol–water partition coefficient (Wildman–Crippen LogP) is 6.79. The van der Waals surface area contributed by atoms with E-state index in [1.165, 1.54) is 6.21 Å². The van der Waals surface area contributed by atoms with Crippen molar-refractivity contribution in [3.8, 4) is 28.7 Å². The van der Waals surface area contributed by atoms with Crippen LogP contribution in [0.5, 0.6) is 28.7 Å². The number of benzene rings is 3. The summed E-state index contributed by atoms with van der Waals surface area (Å²) in [6.07, 6.45) is 3.66. The van der Waals surface area contributed by atoms with Crippen LogP contribution in [0.1, 0.15) is 12.0 Å². The van der Waals surface area contributed by atoms with Crippen molar-refractivity contribution in [3.05, 3.63) is 72.4 Å². The lowest BCUT2D eigenvalue weighted by molar-refractivity contribution is 0.295. The second-order valence-electron chi connectivity index (χ2n) is 7.55. The van der Waals surface area contributed by atoms with E-state index in [9.17, 15) is 0 Å². The molecule has 4 aromatic rings. The fraction of sp³-hybridized carbons (Fsp3) is 0.185. The number of fused-ring (bicyclic) bond motifs is 1. The number of rotatable bonds is 11. The minimum Gasteiger partial charge on any atom is -0.493 e. The zero-order valence-electron chi connectivity index (χ0n) is 19.5. The van der Waals surface area contributed by atoms with E-state index in [1.807, 2.05) is 60.7 Å². The molecule has 1 heterocycles. The van der Waals surface area contributed by atoms with Gasteiger partial charge in [0, 0.05) is 41.0 Å². The minimum atomic E-state index is 0.484. The molecule has 0 bridgehead atoms. The molecular weight excluding hydrogens is 466 g/mol. The summed E-state index contributed by atoms with van der Waals surface area (Å²) in [5.74, 6) is 3.68. The molecule has 0 saturated carbocycles. The number of nitrogens with one attached hydrogen (secondary N) is 2. The van der Waals surface area contributed by atoms with Crippen molar-refractivity contribution in [2.75, 3.05) is 32.0 Å². The molecule has 0 radical (unpaired) electrons. The molecule has 0 spiro atoms. The van der Waals surface area contributed by atoms with Gasteiger partial charge in [-0.2, -0.15) is 0 Å². The maximum atomic E-state index is 7.87. The number of alkyl halides is 1. The Morgan fingerprint density at radius 3 is 2.37 bits per heavy atom. The van der Waals surface area contributed by atoms with Gasteiger partial charge in [-0.3, -0.25) is 4.98 Å². The molecule has 8 heteroatoms. The number of para-hydroxylation sites is 2. The first-order valence-corrected chi connectivity index (χ1v) is 11.6. The molecule has 0 unspecified atom stereocenters. The minimum absolute atomic E-state index is 0.484. The van der Waals surface area contributed by atoms with Gasteiger partial charge in [0.05, 0.1) is 32.0 Å². The van der Waals surface area contributed by atoms with E-state index in [0.29, 0.717) is 46.8 Å². The lowest BCUT2D eigenvalue weighted by atomic mass is 10.1. The first kappa shape index (κ1) is 24.2. The average Bonchev–Trinajstić information content (AvgIpc) is 2.90. The number of nitrogens with zero attached hydrogens (tertiary/aromatic N) is 1. The lowest BCUT2D eigenvalue weighted by Gasteiger charge is -2.16. The second kappa shape index (κ2) is 11.4. The van der Waals surface area contributed by atoms with Crippen LogP contribution in [0.3, 0.4) is 0 Å². The number of pyridine rings is 1. The van der Waals surface area contributed by atoms with Crippen LogP contribution >= 0.6 is 11.6 Å². The van der Waals surface area contributed by atoms with Gasteiger partial charge in [-0.05, 0) is 48.9 Å². The Bertz CT molecular complexity index is 1310. The molecule has 0 aliphatic rings. The molecule has 35 heavy (non-hydrogen) atoms. The first-order chi connectivity index (χ1) is 17.2. The molecule has 0 saturated heterocycles. The highest BCUT2D eigenvalue weighted by Crippen LogP contribution is 2.37. The van der Waals surface area contributed by atoms with Gasteiger partial charge in [0.2, 0.25) is 0 Å². The third-order valence-corrected chi connectivity index (χ3v) is 5.56. The fourth-order valence-electron chi connectivity index (χ4n) is 3.55. The van der Waals surface area contributed by atoms with E-state index in [-0.39, 0.29) is 0 Å². The van der Waals surface area contributed by atoms with Crippen molar-refractivity contribution in [1.29, 1.82) is 5.41 Å². The summed E-state index contributed by atoms with van der Waals surface area (Å²) in [4.78, 5) is 4.51. The second-order valence-corrected chi connectivity index (χ2v) is 7.92. The quantitative estimate of drug-likeness (QED) is 0.136. The van der Waals surface area contributed by atoms with Gasteiger partial charge in [-0.15, -0.1) is 11.6 Å². The summed E-state index contributed by atoms with van der Waals surface area (Å²) >= 11 is 5.76. The normalized spacial score (nSPS) is 10.6. The zero-order chi connectivity index (χ0) is 24.6. The molecule has 7 nitrogen and oxygen atoms in total. The van der Waals surface area contributed by atoms with E-state index in [2.05, 4.69) is 10.3 Å². The summed E-state index contributed by atoms with van der Waals surface area (Å²) < 4.78 is 22.7. The maximum absolute atomic E-state index is 7.87. The highest BCUT2D eigenvalue weighted by Gasteiger charge is 2.14. The Morgan fingerprint density at radius 1 is 0.943 bits per heavy atom. The van der Waals surface area contributed by atoms with Crippen LogP contribution in [0.15, 0.2) is 66.9 Å². The molecule has 180 valence electrons. The highest BCUT2D eigenvalue weighted by molar-refractivity contribution is 6.17. The van der Waals surface area contributed by atoms with Gasteiger partial charge in [0.25, 0.3) is 0 Å². The van der Waals surface area contributed by atoms with Gasteiger partial charge in [-0.1, -0.05) is 12.1 Å². The average molecular weight is 492 g/mol. The molecular formula is C27H26ClN3O4. The Morgan fingerprint density at radius 2 is 1.69 bits per heavy atom. The van der Waals surface area contributed by atoms with Gasteiger partial charge >= 0.3 is 0 Å². The third kappa shape index (κ3) is 5.58. The summed E-state index contributed by atoms with van der Waals surface area (Å²) in [5.41, 5.74) is 2.93. The zero-order valence-corrected chi connectivity index (χ0v) is 20.3. The largest absolute Gasteiger partial charge is 0.493 e. The van der Waals surface area contributed by atoms with Crippen molar-refractivity contribution in [2.45, 2.75) is 6.42 Å². The third-order valence-electron chi connectivity index (χ3n) is 5.29. The number of hydrogen-bond donors (Lipinski definition) is 2. The van der Waals surface area contributed by atoms with Crippen LogP contribution in [-0.4, -0.2) is 37.9 Å². The van der Waals surface area contributed by atoms with E-state index < -0.39 is 0 Å². The van der Waals surface area contributed by atoms with Gasteiger partial charge in [0.1, 0.15) is 5.75 Å².